The summed E-state index contributed by atoms with van der Waals surface area (Å²) in [4.78, 5) is 12.1. The van der Waals surface area contributed by atoms with Gasteiger partial charge >= 0.3 is 0 Å². The third-order valence-corrected chi connectivity index (χ3v) is 4.94. The lowest BCUT2D eigenvalue weighted by atomic mass is 9.79. The molecule has 4 nitrogen and oxygen atoms in total. The molecule has 0 heterocycles. The first-order valence-electron chi connectivity index (χ1n) is 7.74. The minimum atomic E-state index is -0.673. The molecule has 0 spiro atoms. The summed E-state index contributed by atoms with van der Waals surface area (Å²) in [5.41, 5.74) is 5.18. The highest BCUT2D eigenvalue weighted by atomic mass is 16.3. The Bertz CT molecular complexity index is 303. The first kappa shape index (κ1) is 14.8. The zero-order valence-corrected chi connectivity index (χ0v) is 12.0. The lowest BCUT2D eigenvalue weighted by Crippen LogP contribution is -2.47. The first-order chi connectivity index (χ1) is 8.98. The molecule has 2 aliphatic rings. The van der Waals surface area contributed by atoms with Crippen molar-refractivity contribution in [1.29, 1.82) is 0 Å². The second-order valence-electron chi connectivity index (χ2n) is 6.74. The van der Waals surface area contributed by atoms with E-state index in [1.54, 1.807) is 0 Å². The number of aliphatic hydroxyl groups is 1. The fourth-order valence-corrected chi connectivity index (χ4v) is 3.25. The normalized spacial score (nSPS) is 39.8. The van der Waals surface area contributed by atoms with E-state index in [9.17, 15) is 9.90 Å². The number of rotatable bonds is 3. The smallest absolute Gasteiger partial charge is 0.223 e. The van der Waals surface area contributed by atoms with Gasteiger partial charge in [0, 0.05) is 18.5 Å². The topological polar surface area (TPSA) is 75.3 Å². The molecule has 0 saturated heterocycles. The van der Waals surface area contributed by atoms with Gasteiger partial charge in [0.15, 0.2) is 0 Å². The lowest BCUT2D eigenvalue weighted by Gasteiger charge is -2.35. The van der Waals surface area contributed by atoms with Gasteiger partial charge in [0.25, 0.3) is 0 Å². The van der Waals surface area contributed by atoms with Crippen molar-refractivity contribution in [3.05, 3.63) is 0 Å². The van der Waals surface area contributed by atoms with E-state index >= 15 is 0 Å². The van der Waals surface area contributed by atoms with E-state index < -0.39 is 5.60 Å². The van der Waals surface area contributed by atoms with Crippen LogP contribution in [-0.4, -0.2) is 29.2 Å². The zero-order valence-electron chi connectivity index (χ0n) is 12.0. The molecule has 0 aromatic heterocycles. The van der Waals surface area contributed by atoms with E-state index in [2.05, 4.69) is 12.2 Å². The van der Waals surface area contributed by atoms with Crippen molar-refractivity contribution in [2.24, 2.45) is 17.6 Å². The summed E-state index contributed by atoms with van der Waals surface area (Å²) < 4.78 is 0. The molecule has 4 heteroatoms. The SMILES string of the molecule is CC1CCC(O)(CNC(=O)C2CCC(N)CC2)CC1. The average molecular weight is 268 g/mol. The van der Waals surface area contributed by atoms with E-state index in [0.717, 1.165) is 51.4 Å². The second-order valence-corrected chi connectivity index (χ2v) is 6.74. The van der Waals surface area contributed by atoms with E-state index in [-0.39, 0.29) is 17.9 Å². The lowest BCUT2D eigenvalue weighted by molar-refractivity contribution is -0.127. The first-order valence-corrected chi connectivity index (χ1v) is 7.74. The Labute approximate surface area is 116 Å². The second kappa shape index (κ2) is 6.23. The fourth-order valence-electron chi connectivity index (χ4n) is 3.25. The average Bonchev–Trinajstić information content (AvgIpc) is 2.41. The van der Waals surface area contributed by atoms with Gasteiger partial charge in [-0.05, 0) is 57.3 Å². The van der Waals surface area contributed by atoms with Crippen LogP contribution in [-0.2, 0) is 4.79 Å². The van der Waals surface area contributed by atoms with E-state index in [1.165, 1.54) is 0 Å². The maximum atomic E-state index is 12.1. The fraction of sp³-hybridized carbons (Fsp3) is 0.933. The van der Waals surface area contributed by atoms with Gasteiger partial charge in [0.05, 0.1) is 5.60 Å². The van der Waals surface area contributed by atoms with Gasteiger partial charge in [-0.3, -0.25) is 4.79 Å². The van der Waals surface area contributed by atoms with Crippen molar-refractivity contribution in [3.63, 3.8) is 0 Å². The molecule has 0 aromatic carbocycles. The van der Waals surface area contributed by atoms with Crippen molar-refractivity contribution in [3.8, 4) is 0 Å². The van der Waals surface area contributed by atoms with Crippen LogP contribution in [0, 0.1) is 11.8 Å². The summed E-state index contributed by atoms with van der Waals surface area (Å²) in [6.45, 7) is 2.64. The molecule has 0 radical (unpaired) electrons. The predicted molar refractivity (Wildman–Crippen MR) is 75.5 cm³/mol. The van der Waals surface area contributed by atoms with Crippen molar-refractivity contribution >= 4 is 5.91 Å². The number of nitrogens with one attached hydrogen (secondary N) is 1. The number of carbonyl (C=O) groups is 1. The third-order valence-electron chi connectivity index (χ3n) is 4.94. The molecule has 2 fully saturated rings. The molecule has 0 atom stereocenters. The van der Waals surface area contributed by atoms with E-state index in [1.807, 2.05) is 0 Å². The standard InChI is InChI=1S/C15H28N2O2/c1-11-6-8-15(19,9-7-11)10-17-14(18)12-2-4-13(16)5-3-12/h11-13,19H,2-10,16H2,1H3,(H,17,18). The van der Waals surface area contributed by atoms with Crippen LogP contribution in [0.15, 0.2) is 0 Å². The minimum Gasteiger partial charge on any atom is -0.388 e. The molecule has 0 aliphatic heterocycles. The van der Waals surface area contributed by atoms with Gasteiger partial charge in [0.2, 0.25) is 5.91 Å². The van der Waals surface area contributed by atoms with Crippen LogP contribution in [0.1, 0.15) is 58.3 Å². The maximum Gasteiger partial charge on any atom is 0.223 e. The monoisotopic (exact) mass is 268 g/mol. The van der Waals surface area contributed by atoms with Crippen LogP contribution in [0.4, 0.5) is 0 Å². The molecule has 1 amide bonds. The number of nitrogens with two attached hydrogens (primary N) is 1. The summed E-state index contributed by atoms with van der Waals surface area (Å²) in [6, 6.07) is 0.271. The molecular weight excluding hydrogens is 240 g/mol. The molecule has 2 aliphatic carbocycles. The molecule has 2 saturated carbocycles. The highest BCUT2D eigenvalue weighted by Gasteiger charge is 2.33. The van der Waals surface area contributed by atoms with Crippen molar-refractivity contribution in [2.75, 3.05) is 6.54 Å². The van der Waals surface area contributed by atoms with Gasteiger partial charge in [0.1, 0.15) is 0 Å². The predicted octanol–water partition coefficient (Wildman–Crippen LogP) is 1.56. The molecule has 0 aromatic rings. The highest BCUT2D eigenvalue weighted by molar-refractivity contribution is 5.78. The Morgan fingerprint density at radius 2 is 1.79 bits per heavy atom. The minimum absolute atomic E-state index is 0.103. The Morgan fingerprint density at radius 3 is 2.37 bits per heavy atom. The quantitative estimate of drug-likeness (QED) is 0.727. The van der Waals surface area contributed by atoms with Crippen molar-refractivity contribution in [1.82, 2.24) is 5.32 Å². The van der Waals surface area contributed by atoms with Crippen LogP contribution in [0.5, 0.6) is 0 Å². The zero-order chi connectivity index (χ0) is 13.9. The molecular formula is C15H28N2O2. The summed E-state index contributed by atoms with van der Waals surface area (Å²) >= 11 is 0. The highest BCUT2D eigenvalue weighted by Crippen LogP contribution is 2.31. The van der Waals surface area contributed by atoms with E-state index in [4.69, 9.17) is 5.73 Å². The summed E-state index contributed by atoms with van der Waals surface area (Å²) in [5.74, 6) is 0.917. The van der Waals surface area contributed by atoms with Gasteiger partial charge in [-0.1, -0.05) is 6.92 Å². The number of carbonyl (C=O) groups excluding carboxylic acids is 1. The summed E-state index contributed by atoms with van der Waals surface area (Å²) in [6.07, 6.45) is 7.41. The molecule has 0 bridgehead atoms. The van der Waals surface area contributed by atoms with Gasteiger partial charge in [-0.25, -0.2) is 0 Å². The number of hydrogen-bond acceptors (Lipinski definition) is 3. The Balaban J connectivity index is 1.74. The molecule has 0 unspecified atom stereocenters. The largest absolute Gasteiger partial charge is 0.388 e. The molecule has 110 valence electrons. The molecule has 19 heavy (non-hydrogen) atoms. The van der Waals surface area contributed by atoms with Crippen LogP contribution in [0.2, 0.25) is 0 Å². The summed E-state index contributed by atoms with van der Waals surface area (Å²) in [5, 5.41) is 13.4. The van der Waals surface area contributed by atoms with Crippen LogP contribution in [0.25, 0.3) is 0 Å². The van der Waals surface area contributed by atoms with E-state index in [0.29, 0.717) is 12.5 Å². The molecule has 4 N–H and O–H groups in total. The van der Waals surface area contributed by atoms with Crippen LogP contribution < -0.4 is 11.1 Å². The summed E-state index contributed by atoms with van der Waals surface area (Å²) in [7, 11) is 0. The Morgan fingerprint density at radius 1 is 1.21 bits per heavy atom. The third kappa shape index (κ3) is 4.18. The maximum absolute atomic E-state index is 12.1. The Kier molecular flexibility index (Phi) is 4.85. The van der Waals surface area contributed by atoms with Gasteiger partial charge in [-0.2, -0.15) is 0 Å². The van der Waals surface area contributed by atoms with Gasteiger partial charge < -0.3 is 16.2 Å². The van der Waals surface area contributed by atoms with Crippen molar-refractivity contribution < 1.29 is 9.90 Å². The number of hydrogen-bond donors (Lipinski definition) is 3. The van der Waals surface area contributed by atoms with Crippen LogP contribution >= 0.6 is 0 Å². The number of amides is 1. The Hall–Kier alpha value is -0.610. The van der Waals surface area contributed by atoms with Crippen LogP contribution in [0.3, 0.4) is 0 Å². The van der Waals surface area contributed by atoms with Gasteiger partial charge in [-0.15, -0.1) is 0 Å². The van der Waals surface area contributed by atoms with Crippen molar-refractivity contribution in [2.45, 2.75) is 69.9 Å². The molecule has 2 rings (SSSR count).